The summed E-state index contributed by atoms with van der Waals surface area (Å²) in [5.41, 5.74) is 0.673. The van der Waals surface area contributed by atoms with Crippen LogP contribution in [0.2, 0.25) is 0 Å². The number of nitrogens with zero attached hydrogens (tertiary/aromatic N) is 2. The Kier molecular flexibility index (Phi) is 4.39. The van der Waals surface area contributed by atoms with E-state index in [0.717, 1.165) is 31.7 Å². The number of amides is 1. The Labute approximate surface area is 128 Å². The molecule has 0 saturated carbocycles. The molecule has 0 unspecified atom stereocenters. The van der Waals surface area contributed by atoms with Crippen LogP contribution in [0.1, 0.15) is 23.4 Å². The number of hydrogen-bond donors (Lipinski definition) is 2. The maximum Gasteiger partial charge on any atom is 0.291 e. The number of anilines is 2. The van der Waals surface area contributed by atoms with Gasteiger partial charge >= 0.3 is 0 Å². The highest BCUT2D eigenvalue weighted by atomic mass is 16.3. The summed E-state index contributed by atoms with van der Waals surface area (Å²) in [6, 6.07) is 6.93. The van der Waals surface area contributed by atoms with Crippen molar-refractivity contribution >= 4 is 17.4 Å². The Hall–Kier alpha value is -2.34. The van der Waals surface area contributed by atoms with Gasteiger partial charge in [-0.05, 0) is 43.0 Å². The predicted octanol–water partition coefficient (Wildman–Crippen LogP) is 2.14. The van der Waals surface area contributed by atoms with Gasteiger partial charge in [-0.2, -0.15) is 0 Å². The lowest BCUT2D eigenvalue weighted by Crippen LogP contribution is -2.35. The number of furan rings is 1. The van der Waals surface area contributed by atoms with Crippen molar-refractivity contribution in [3.8, 4) is 0 Å². The summed E-state index contributed by atoms with van der Waals surface area (Å²) < 4.78 is 5.11. The molecule has 0 aromatic carbocycles. The van der Waals surface area contributed by atoms with Crippen molar-refractivity contribution < 1.29 is 14.3 Å². The van der Waals surface area contributed by atoms with Crippen molar-refractivity contribution in [1.82, 2.24) is 4.98 Å². The van der Waals surface area contributed by atoms with Gasteiger partial charge in [-0.1, -0.05) is 0 Å². The number of piperidine rings is 1. The molecule has 3 heterocycles. The summed E-state index contributed by atoms with van der Waals surface area (Å²) in [6.07, 6.45) is 5.05. The van der Waals surface area contributed by atoms with Gasteiger partial charge in [-0.15, -0.1) is 0 Å². The first kappa shape index (κ1) is 14.6. The van der Waals surface area contributed by atoms with E-state index in [1.165, 1.54) is 6.26 Å². The van der Waals surface area contributed by atoms with Gasteiger partial charge in [-0.25, -0.2) is 4.98 Å². The van der Waals surface area contributed by atoms with Crippen molar-refractivity contribution in [2.75, 3.05) is 29.9 Å². The monoisotopic (exact) mass is 301 g/mol. The molecule has 6 nitrogen and oxygen atoms in total. The zero-order chi connectivity index (χ0) is 15.4. The number of carbonyl (C=O) groups is 1. The van der Waals surface area contributed by atoms with Crippen LogP contribution in [-0.2, 0) is 0 Å². The van der Waals surface area contributed by atoms with Crippen molar-refractivity contribution in [3.05, 3.63) is 42.5 Å². The first-order valence-corrected chi connectivity index (χ1v) is 7.43. The van der Waals surface area contributed by atoms with Crippen molar-refractivity contribution in [2.45, 2.75) is 12.8 Å². The zero-order valence-electron chi connectivity index (χ0n) is 12.2. The lowest BCUT2D eigenvalue weighted by molar-refractivity contribution is 0.0996. The topological polar surface area (TPSA) is 78.6 Å². The maximum absolute atomic E-state index is 12.1. The number of rotatable bonds is 4. The zero-order valence-corrected chi connectivity index (χ0v) is 12.2. The van der Waals surface area contributed by atoms with Gasteiger partial charge in [0.25, 0.3) is 5.91 Å². The summed E-state index contributed by atoms with van der Waals surface area (Å²) in [6.45, 7) is 1.88. The number of aliphatic hydroxyl groups excluding tert-OH is 1. The molecule has 0 atom stereocenters. The molecule has 2 N–H and O–H groups in total. The predicted molar refractivity (Wildman–Crippen MR) is 82.9 cm³/mol. The highest BCUT2D eigenvalue weighted by Gasteiger charge is 2.22. The molecule has 1 aliphatic heterocycles. The summed E-state index contributed by atoms with van der Waals surface area (Å²) in [5.74, 6) is 1.11. The fraction of sp³-hybridized carbons (Fsp3) is 0.375. The standard InChI is InChI=1S/C16H19N3O3/c20-11-12-5-8-19(9-6-12)15-13(3-1-7-17-15)18-16(21)14-4-2-10-22-14/h1-4,7,10,12,20H,5-6,8-9,11H2,(H,18,21). The molecular weight excluding hydrogens is 282 g/mol. The largest absolute Gasteiger partial charge is 0.459 e. The van der Waals surface area contributed by atoms with E-state index in [1.54, 1.807) is 24.4 Å². The molecule has 1 fully saturated rings. The number of aromatic nitrogens is 1. The number of hydrogen-bond acceptors (Lipinski definition) is 5. The van der Waals surface area contributed by atoms with Crippen molar-refractivity contribution in [1.29, 1.82) is 0 Å². The van der Waals surface area contributed by atoms with Crippen molar-refractivity contribution in [2.24, 2.45) is 5.92 Å². The molecule has 2 aromatic rings. The highest BCUT2D eigenvalue weighted by Crippen LogP contribution is 2.27. The second-order valence-corrected chi connectivity index (χ2v) is 5.42. The molecule has 22 heavy (non-hydrogen) atoms. The molecule has 0 aliphatic carbocycles. The SMILES string of the molecule is O=C(Nc1cccnc1N1CCC(CO)CC1)c1ccco1. The van der Waals surface area contributed by atoms with Gasteiger partial charge in [0, 0.05) is 25.9 Å². The Balaban J connectivity index is 1.74. The first-order chi connectivity index (χ1) is 10.8. The van der Waals surface area contributed by atoms with Crippen LogP contribution in [0.4, 0.5) is 11.5 Å². The van der Waals surface area contributed by atoms with E-state index in [2.05, 4.69) is 15.2 Å². The quantitative estimate of drug-likeness (QED) is 0.904. The summed E-state index contributed by atoms with van der Waals surface area (Å²) in [7, 11) is 0. The number of aliphatic hydroxyl groups is 1. The van der Waals surface area contributed by atoms with Crippen LogP contribution in [0.25, 0.3) is 0 Å². The first-order valence-electron chi connectivity index (χ1n) is 7.43. The summed E-state index contributed by atoms with van der Waals surface area (Å²) in [4.78, 5) is 18.7. The van der Waals surface area contributed by atoms with Gasteiger partial charge < -0.3 is 19.7 Å². The third kappa shape index (κ3) is 3.12. The van der Waals surface area contributed by atoms with Crippen LogP contribution in [0, 0.1) is 5.92 Å². The second-order valence-electron chi connectivity index (χ2n) is 5.42. The van der Waals surface area contributed by atoms with E-state index in [0.29, 0.717) is 11.6 Å². The van der Waals surface area contributed by atoms with Gasteiger partial charge in [-0.3, -0.25) is 4.79 Å². The minimum Gasteiger partial charge on any atom is -0.459 e. The average molecular weight is 301 g/mol. The normalized spacial score (nSPS) is 15.8. The van der Waals surface area contributed by atoms with Crippen LogP contribution in [0.5, 0.6) is 0 Å². The minimum absolute atomic E-state index is 0.234. The van der Waals surface area contributed by atoms with E-state index in [4.69, 9.17) is 4.42 Å². The Morgan fingerprint density at radius 3 is 2.86 bits per heavy atom. The summed E-state index contributed by atoms with van der Waals surface area (Å²) in [5, 5.41) is 12.1. The molecule has 0 spiro atoms. The Morgan fingerprint density at radius 1 is 1.36 bits per heavy atom. The van der Waals surface area contributed by atoms with Crippen LogP contribution >= 0.6 is 0 Å². The number of carbonyl (C=O) groups excluding carboxylic acids is 1. The number of pyridine rings is 1. The van der Waals surface area contributed by atoms with Gasteiger partial charge in [0.1, 0.15) is 0 Å². The molecular formula is C16H19N3O3. The van der Waals surface area contributed by atoms with Crippen LogP contribution in [0.3, 0.4) is 0 Å². The van der Waals surface area contributed by atoms with Crippen molar-refractivity contribution in [3.63, 3.8) is 0 Å². The van der Waals surface area contributed by atoms with E-state index >= 15 is 0 Å². The molecule has 0 radical (unpaired) electrons. The molecule has 2 aromatic heterocycles. The van der Waals surface area contributed by atoms with Crippen LogP contribution in [0.15, 0.2) is 41.1 Å². The molecule has 116 valence electrons. The molecule has 0 bridgehead atoms. The van der Waals surface area contributed by atoms with Crippen LogP contribution < -0.4 is 10.2 Å². The average Bonchev–Trinajstić information content (AvgIpc) is 3.10. The maximum atomic E-state index is 12.1. The van der Waals surface area contributed by atoms with E-state index < -0.39 is 0 Å². The lowest BCUT2D eigenvalue weighted by atomic mass is 9.98. The van der Waals surface area contributed by atoms with Gasteiger partial charge in [0.15, 0.2) is 11.6 Å². The molecule has 1 amide bonds. The smallest absolute Gasteiger partial charge is 0.291 e. The Bertz CT molecular complexity index is 619. The third-order valence-electron chi connectivity index (χ3n) is 3.95. The molecule has 3 rings (SSSR count). The highest BCUT2D eigenvalue weighted by molar-refractivity contribution is 6.03. The minimum atomic E-state index is -0.288. The fourth-order valence-electron chi connectivity index (χ4n) is 2.67. The lowest BCUT2D eigenvalue weighted by Gasteiger charge is -2.33. The summed E-state index contributed by atoms with van der Waals surface area (Å²) >= 11 is 0. The van der Waals surface area contributed by atoms with Crippen LogP contribution in [-0.4, -0.2) is 35.7 Å². The third-order valence-corrected chi connectivity index (χ3v) is 3.95. The van der Waals surface area contributed by atoms with Gasteiger partial charge in [0.05, 0.1) is 12.0 Å². The fourth-order valence-corrected chi connectivity index (χ4v) is 2.67. The molecule has 6 heteroatoms. The van der Waals surface area contributed by atoms with Gasteiger partial charge in [0.2, 0.25) is 0 Å². The molecule has 1 aliphatic rings. The number of nitrogens with one attached hydrogen (secondary N) is 1. The second kappa shape index (κ2) is 6.62. The van der Waals surface area contributed by atoms with E-state index in [1.807, 2.05) is 6.07 Å². The van der Waals surface area contributed by atoms with E-state index in [9.17, 15) is 9.90 Å². The molecule has 1 saturated heterocycles. The van der Waals surface area contributed by atoms with E-state index in [-0.39, 0.29) is 18.3 Å². The Morgan fingerprint density at radius 2 is 2.18 bits per heavy atom.